The van der Waals surface area contributed by atoms with Crippen molar-refractivity contribution in [3.05, 3.63) is 46.2 Å². The average Bonchev–Trinajstić information content (AvgIpc) is 3.22. The molecule has 1 atom stereocenters. The van der Waals surface area contributed by atoms with Gasteiger partial charge in [-0.1, -0.05) is 18.5 Å². The number of amides is 1. The maximum absolute atomic E-state index is 13.1. The molecule has 4 fully saturated rings. The molecule has 0 aliphatic heterocycles. The van der Waals surface area contributed by atoms with Crippen molar-refractivity contribution < 1.29 is 9.53 Å². The Kier molecular flexibility index (Phi) is 5.73. The summed E-state index contributed by atoms with van der Waals surface area (Å²) in [4.78, 5) is 13.1. The minimum atomic E-state index is -0.0653. The maximum atomic E-state index is 13.1. The van der Waals surface area contributed by atoms with Crippen molar-refractivity contribution in [2.24, 2.45) is 23.2 Å². The summed E-state index contributed by atoms with van der Waals surface area (Å²) in [5, 5.41) is 8.62. The molecule has 0 spiro atoms. The van der Waals surface area contributed by atoms with E-state index in [0.717, 1.165) is 46.1 Å². The van der Waals surface area contributed by atoms with Crippen molar-refractivity contribution in [2.45, 2.75) is 78.5 Å². The number of benzene rings is 1. The molecule has 4 bridgehead atoms. The predicted octanol–water partition coefficient (Wildman–Crippen LogP) is 5.91. The highest BCUT2D eigenvalue weighted by Gasteiger charge is 2.54. The van der Waals surface area contributed by atoms with Crippen LogP contribution in [0, 0.1) is 37.0 Å². The van der Waals surface area contributed by atoms with Gasteiger partial charge in [0.1, 0.15) is 11.4 Å². The normalized spacial score (nSPS) is 29.2. The first kappa shape index (κ1) is 21.8. The van der Waals surface area contributed by atoms with Crippen molar-refractivity contribution in [1.82, 2.24) is 15.1 Å². The molecule has 32 heavy (non-hydrogen) atoms. The van der Waals surface area contributed by atoms with Gasteiger partial charge in [0.25, 0.3) is 5.91 Å². The first-order valence-corrected chi connectivity index (χ1v) is 12.5. The second kappa shape index (κ2) is 8.40. The number of rotatable bonds is 7. The van der Waals surface area contributed by atoms with E-state index in [1.807, 2.05) is 26.0 Å². The number of carbonyl (C=O) groups is 1. The van der Waals surface area contributed by atoms with Crippen LogP contribution in [-0.2, 0) is 6.73 Å². The Bertz CT molecular complexity index is 956. The van der Waals surface area contributed by atoms with Crippen LogP contribution in [0.5, 0.6) is 5.75 Å². The summed E-state index contributed by atoms with van der Waals surface area (Å²) < 4.78 is 7.55. The summed E-state index contributed by atoms with van der Waals surface area (Å²) in [7, 11) is 0. The lowest BCUT2D eigenvalue weighted by Crippen LogP contribution is -2.56. The minimum absolute atomic E-state index is 0.0653. The lowest BCUT2D eigenvalue weighted by atomic mass is 9.47. The smallest absolute Gasteiger partial charge is 0.272 e. The van der Waals surface area contributed by atoms with E-state index in [2.05, 4.69) is 17.3 Å². The average molecular weight is 456 g/mol. The second-order valence-corrected chi connectivity index (χ2v) is 11.0. The first-order chi connectivity index (χ1) is 15.3. The van der Waals surface area contributed by atoms with Crippen LogP contribution in [0.1, 0.15) is 73.5 Å². The second-order valence-electron chi connectivity index (χ2n) is 10.6. The molecule has 6 heteroatoms. The van der Waals surface area contributed by atoms with Gasteiger partial charge in [-0.3, -0.25) is 4.79 Å². The molecule has 2 aromatic rings. The highest BCUT2D eigenvalue weighted by Crippen LogP contribution is 2.61. The molecule has 6 rings (SSSR count). The van der Waals surface area contributed by atoms with E-state index >= 15 is 0 Å². The summed E-state index contributed by atoms with van der Waals surface area (Å²) in [5.41, 5.74) is 2.73. The Labute approximate surface area is 195 Å². The number of carbonyl (C=O) groups excluding carboxylic acids is 1. The maximum Gasteiger partial charge on any atom is 0.272 e. The number of nitrogens with zero attached hydrogens (tertiary/aromatic N) is 2. The van der Waals surface area contributed by atoms with Gasteiger partial charge >= 0.3 is 0 Å². The van der Waals surface area contributed by atoms with Crippen LogP contribution in [-0.4, -0.2) is 21.7 Å². The fraction of sp³-hybridized carbons (Fsp3) is 0.615. The lowest BCUT2D eigenvalue weighted by molar-refractivity contribution is -0.0727. The molecule has 1 aromatic carbocycles. The molecule has 4 aliphatic carbocycles. The number of nitrogens with one attached hydrogen (secondary N) is 1. The van der Waals surface area contributed by atoms with E-state index in [9.17, 15) is 4.79 Å². The topological polar surface area (TPSA) is 56.2 Å². The van der Waals surface area contributed by atoms with Crippen molar-refractivity contribution in [1.29, 1.82) is 0 Å². The molecule has 0 radical (unpaired) electrons. The van der Waals surface area contributed by atoms with Crippen molar-refractivity contribution >= 4 is 17.5 Å². The first-order valence-electron chi connectivity index (χ1n) is 12.1. The summed E-state index contributed by atoms with van der Waals surface area (Å²) >= 11 is 6.24. The molecule has 4 aliphatic rings. The molecule has 0 saturated heterocycles. The standard InChI is InChI=1S/C26H34ClN3O2/c1-4-23(26-12-18-9-19(13-26)11-20(10-18)14-26)28-25(31)22-5-6-30(29-22)15-32-21-7-16(2)24(27)17(3)8-21/h5-8,18-20,23H,4,9-15H2,1-3H3,(H,28,31). The van der Waals surface area contributed by atoms with Gasteiger partial charge in [-0.05, 0) is 111 Å². The third kappa shape index (κ3) is 4.05. The van der Waals surface area contributed by atoms with E-state index < -0.39 is 0 Å². The van der Waals surface area contributed by atoms with Crippen LogP contribution in [0.2, 0.25) is 5.02 Å². The van der Waals surface area contributed by atoms with Crippen molar-refractivity contribution in [3.63, 3.8) is 0 Å². The van der Waals surface area contributed by atoms with E-state index in [1.54, 1.807) is 16.9 Å². The van der Waals surface area contributed by atoms with Gasteiger partial charge in [0.15, 0.2) is 6.73 Å². The largest absolute Gasteiger partial charge is 0.471 e. The lowest BCUT2D eigenvalue weighted by Gasteiger charge is -2.59. The van der Waals surface area contributed by atoms with E-state index in [4.69, 9.17) is 16.3 Å². The number of aromatic nitrogens is 2. The monoisotopic (exact) mass is 455 g/mol. The molecule has 1 aromatic heterocycles. The summed E-state index contributed by atoms with van der Waals surface area (Å²) in [5.74, 6) is 3.32. The Balaban J connectivity index is 1.23. The van der Waals surface area contributed by atoms with Crippen molar-refractivity contribution in [3.8, 4) is 5.75 Å². The predicted molar refractivity (Wildman–Crippen MR) is 126 cm³/mol. The highest BCUT2D eigenvalue weighted by molar-refractivity contribution is 6.32. The van der Waals surface area contributed by atoms with Gasteiger partial charge in [-0.15, -0.1) is 0 Å². The van der Waals surface area contributed by atoms with Crippen LogP contribution < -0.4 is 10.1 Å². The third-order valence-corrected chi connectivity index (χ3v) is 8.78. The molecule has 1 heterocycles. The molecule has 5 nitrogen and oxygen atoms in total. The SMILES string of the molecule is CCC(NC(=O)c1ccn(COc2cc(C)c(Cl)c(C)c2)n1)C12CC3CC(CC(C3)C1)C2. The number of hydrogen-bond donors (Lipinski definition) is 1. The van der Waals surface area contributed by atoms with E-state index in [0.29, 0.717) is 11.1 Å². The molecular formula is C26H34ClN3O2. The van der Waals surface area contributed by atoms with Crippen LogP contribution in [0.3, 0.4) is 0 Å². The van der Waals surface area contributed by atoms with Gasteiger partial charge in [-0.25, -0.2) is 4.68 Å². The van der Waals surface area contributed by atoms with E-state index in [-0.39, 0.29) is 18.7 Å². The fourth-order valence-electron chi connectivity index (χ4n) is 7.21. The Morgan fingerprint density at radius 3 is 2.34 bits per heavy atom. The number of halogens is 1. The highest BCUT2D eigenvalue weighted by atomic mass is 35.5. The van der Waals surface area contributed by atoms with Crippen LogP contribution in [0.25, 0.3) is 0 Å². The Morgan fingerprint density at radius 1 is 1.19 bits per heavy atom. The number of hydrogen-bond acceptors (Lipinski definition) is 3. The Hall–Kier alpha value is -2.01. The van der Waals surface area contributed by atoms with Gasteiger partial charge in [0.2, 0.25) is 0 Å². The molecule has 1 N–H and O–H groups in total. The zero-order chi connectivity index (χ0) is 22.5. The van der Waals surface area contributed by atoms with Crippen LogP contribution >= 0.6 is 11.6 Å². The minimum Gasteiger partial charge on any atom is -0.471 e. The van der Waals surface area contributed by atoms with Gasteiger partial charge in [0, 0.05) is 17.3 Å². The van der Waals surface area contributed by atoms with Gasteiger partial charge < -0.3 is 10.1 Å². The summed E-state index contributed by atoms with van der Waals surface area (Å²) in [6, 6.07) is 5.86. The summed E-state index contributed by atoms with van der Waals surface area (Å²) in [6.07, 6.45) is 10.9. The van der Waals surface area contributed by atoms with Gasteiger partial charge in [0.05, 0.1) is 0 Å². The number of aryl methyl sites for hydroxylation is 2. The van der Waals surface area contributed by atoms with E-state index in [1.165, 1.54) is 38.5 Å². The van der Waals surface area contributed by atoms with Crippen LogP contribution in [0.4, 0.5) is 0 Å². The Morgan fingerprint density at radius 2 is 1.78 bits per heavy atom. The van der Waals surface area contributed by atoms with Gasteiger partial charge in [-0.2, -0.15) is 5.10 Å². The zero-order valence-electron chi connectivity index (χ0n) is 19.4. The summed E-state index contributed by atoms with van der Waals surface area (Å²) in [6.45, 7) is 6.39. The molecule has 4 saturated carbocycles. The quantitative estimate of drug-likeness (QED) is 0.564. The number of ether oxygens (including phenoxy) is 1. The van der Waals surface area contributed by atoms with Crippen molar-refractivity contribution in [2.75, 3.05) is 0 Å². The zero-order valence-corrected chi connectivity index (χ0v) is 20.1. The molecule has 1 unspecified atom stereocenters. The molecule has 172 valence electrons. The van der Waals surface area contributed by atoms with Crippen LogP contribution in [0.15, 0.2) is 24.4 Å². The molecule has 1 amide bonds. The fourth-order valence-corrected chi connectivity index (χ4v) is 7.32. The molecular weight excluding hydrogens is 422 g/mol. The third-order valence-electron chi connectivity index (χ3n) is 8.19.